The molecule has 0 atom stereocenters. The van der Waals surface area contributed by atoms with E-state index in [-0.39, 0.29) is 37.7 Å². The van der Waals surface area contributed by atoms with Crippen molar-refractivity contribution < 1.29 is 18.7 Å². The highest BCUT2D eigenvalue weighted by molar-refractivity contribution is 6.05. The van der Waals surface area contributed by atoms with E-state index in [0.717, 1.165) is 30.0 Å². The lowest BCUT2D eigenvalue weighted by molar-refractivity contribution is 0.0420. The number of rotatable bonds is 6. The second kappa shape index (κ2) is 12.1. The fourth-order valence-corrected chi connectivity index (χ4v) is 5.47. The van der Waals surface area contributed by atoms with Gasteiger partial charge in [-0.15, -0.1) is 0 Å². The molecule has 2 saturated heterocycles. The highest BCUT2D eigenvalue weighted by atomic mass is 19.1. The molecule has 2 aliphatic rings. The minimum absolute atomic E-state index is 0.174. The average Bonchev–Trinajstić information content (AvgIpc) is 3.02. The van der Waals surface area contributed by atoms with Crippen molar-refractivity contribution in [3.8, 4) is 6.07 Å². The number of amides is 2. The molecule has 5 rings (SSSR count). The molecule has 2 aromatic carbocycles. The van der Waals surface area contributed by atoms with Crippen molar-refractivity contribution in [1.29, 1.82) is 5.26 Å². The number of nitriles is 1. The van der Waals surface area contributed by atoms with Crippen molar-refractivity contribution >= 4 is 23.3 Å². The number of alkyl halides is 1. The molecule has 1 aromatic heterocycles. The van der Waals surface area contributed by atoms with Gasteiger partial charge in [0, 0.05) is 56.5 Å². The predicted octanol–water partition coefficient (Wildman–Crippen LogP) is 5.01. The van der Waals surface area contributed by atoms with Crippen LogP contribution in [0.1, 0.15) is 62.7 Å². The Labute approximate surface area is 239 Å². The first-order valence-electron chi connectivity index (χ1n) is 14.0. The van der Waals surface area contributed by atoms with Crippen LogP contribution in [0.25, 0.3) is 0 Å². The molecule has 0 aliphatic carbocycles. The number of anilines is 2. The van der Waals surface area contributed by atoms with E-state index in [1.165, 1.54) is 0 Å². The minimum Gasteiger partial charge on any atom is -0.378 e. The Balaban J connectivity index is 1.28. The van der Waals surface area contributed by atoms with E-state index in [4.69, 9.17) is 10.00 Å². The fraction of sp³-hybridized carbons (Fsp3) is 0.375. The van der Waals surface area contributed by atoms with E-state index in [2.05, 4.69) is 21.3 Å². The molecule has 0 unspecified atom stereocenters. The standard InChI is InChI=1S/C32H34FN5O3/c1-3-24-18-22(2)27(31(40)38-12-10-32(33,11-13-38)26-7-4-23(20-34)5-8-26)19-28(24)36-30(39)25-6-9-29(35-21-25)37-14-16-41-17-15-37/h4-9,18-19,21H,3,10-17H2,1-2H3,(H,36,39). The van der Waals surface area contributed by atoms with E-state index < -0.39 is 5.67 Å². The van der Waals surface area contributed by atoms with E-state index in [0.29, 0.717) is 47.6 Å². The number of halogens is 1. The number of hydrogen-bond donors (Lipinski definition) is 1. The summed E-state index contributed by atoms with van der Waals surface area (Å²) in [5, 5.41) is 12.0. The lowest BCUT2D eigenvalue weighted by Crippen LogP contribution is -2.43. The summed E-state index contributed by atoms with van der Waals surface area (Å²) >= 11 is 0. The van der Waals surface area contributed by atoms with Crippen LogP contribution in [-0.2, 0) is 16.8 Å². The number of carbonyl (C=O) groups is 2. The lowest BCUT2D eigenvalue weighted by atomic mass is 9.85. The first kappa shape index (κ1) is 28.2. The highest BCUT2D eigenvalue weighted by Gasteiger charge is 2.38. The predicted molar refractivity (Wildman–Crippen MR) is 155 cm³/mol. The Kier molecular flexibility index (Phi) is 8.31. The van der Waals surface area contributed by atoms with Gasteiger partial charge >= 0.3 is 0 Å². The van der Waals surface area contributed by atoms with Crippen LogP contribution < -0.4 is 10.2 Å². The Hall–Kier alpha value is -4.29. The smallest absolute Gasteiger partial charge is 0.257 e. The van der Waals surface area contributed by atoms with Gasteiger partial charge in [-0.2, -0.15) is 5.26 Å². The van der Waals surface area contributed by atoms with Crippen molar-refractivity contribution in [2.45, 2.75) is 38.8 Å². The third kappa shape index (κ3) is 6.08. The van der Waals surface area contributed by atoms with Gasteiger partial charge in [0.15, 0.2) is 0 Å². The first-order chi connectivity index (χ1) is 19.8. The summed E-state index contributed by atoms with van der Waals surface area (Å²) in [6, 6.07) is 15.9. The third-order valence-electron chi connectivity index (χ3n) is 8.03. The average molecular weight is 556 g/mol. The molecule has 0 saturated carbocycles. The number of morpholine rings is 1. The van der Waals surface area contributed by atoms with E-state index >= 15 is 4.39 Å². The summed E-state index contributed by atoms with van der Waals surface area (Å²) in [5.41, 5.74) is 2.70. The van der Waals surface area contributed by atoms with Crippen molar-refractivity contribution in [1.82, 2.24) is 9.88 Å². The summed E-state index contributed by atoms with van der Waals surface area (Å²) in [6.07, 6.45) is 2.59. The SMILES string of the molecule is CCc1cc(C)c(C(=O)N2CCC(F)(c3ccc(C#N)cc3)CC2)cc1NC(=O)c1ccc(N2CCOCC2)nc1. The molecule has 9 heteroatoms. The van der Waals surface area contributed by atoms with E-state index in [1.54, 1.807) is 47.5 Å². The number of nitrogens with zero attached hydrogens (tertiary/aromatic N) is 4. The summed E-state index contributed by atoms with van der Waals surface area (Å²) < 4.78 is 21.2. The summed E-state index contributed by atoms with van der Waals surface area (Å²) in [7, 11) is 0. The molecule has 3 heterocycles. The highest BCUT2D eigenvalue weighted by Crippen LogP contribution is 2.38. The molecular weight excluding hydrogens is 521 g/mol. The Morgan fingerprint density at radius 2 is 1.78 bits per heavy atom. The van der Waals surface area contributed by atoms with Crippen LogP contribution in [0.15, 0.2) is 54.7 Å². The number of piperidine rings is 1. The van der Waals surface area contributed by atoms with Crippen LogP contribution in [0.3, 0.4) is 0 Å². The quantitative estimate of drug-likeness (QED) is 0.459. The summed E-state index contributed by atoms with van der Waals surface area (Å²) in [5.74, 6) is 0.324. The van der Waals surface area contributed by atoms with E-state index in [1.807, 2.05) is 26.0 Å². The van der Waals surface area contributed by atoms with Crippen LogP contribution in [-0.4, -0.2) is 61.1 Å². The maximum Gasteiger partial charge on any atom is 0.257 e. The molecule has 1 N–H and O–H groups in total. The van der Waals surface area contributed by atoms with Crippen LogP contribution in [0.5, 0.6) is 0 Å². The van der Waals surface area contributed by atoms with Gasteiger partial charge in [-0.1, -0.05) is 25.1 Å². The number of likely N-dealkylation sites (tertiary alicyclic amines) is 1. The maximum atomic E-state index is 15.8. The molecule has 212 valence electrons. The molecular formula is C32H34FN5O3. The molecule has 0 bridgehead atoms. The van der Waals surface area contributed by atoms with Gasteiger partial charge in [0.05, 0.1) is 30.4 Å². The first-order valence-corrected chi connectivity index (χ1v) is 14.0. The molecule has 0 radical (unpaired) electrons. The summed E-state index contributed by atoms with van der Waals surface area (Å²) in [4.78, 5) is 35.0. The number of aryl methyl sites for hydroxylation is 2. The van der Waals surface area contributed by atoms with Gasteiger partial charge in [0.25, 0.3) is 11.8 Å². The van der Waals surface area contributed by atoms with Gasteiger partial charge < -0.3 is 19.9 Å². The second-order valence-corrected chi connectivity index (χ2v) is 10.6. The molecule has 2 fully saturated rings. The molecule has 0 spiro atoms. The number of nitrogens with one attached hydrogen (secondary N) is 1. The summed E-state index contributed by atoms with van der Waals surface area (Å²) in [6.45, 7) is 7.25. The van der Waals surface area contributed by atoms with Crippen LogP contribution >= 0.6 is 0 Å². The fourth-order valence-electron chi connectivity index (χ4n) is 5.47. The minimum atomic E-state index is -1.55. The van der Waals surface area contributed by atoms with Gasteiger partial charge in [0.2, 0.25) is 0 Å². The molecule has 41 heavy (non-hydrogen) atoms. The second-order valence-electron chi connectivity index (χ2n) is 10.6. The normalized spacial score (nSPS) is 16.6. The Bertz CT molecular complexity index is 1450. The Morgan fingerprint density at radius 1 is 1.07 bits per heavy atom. The topological polar surface area (TPSA) is 98.6 Å². The number of ether oxygens (including phenoxy) is 1. The Morgan fingerprint density at radius 3 is 2.39 bits per heavy atom. The zero-order valence-electron chi connectivity index (χ0n) is 23.5. The number of benzene rings is 2. The number of pyridine rings is 1. The molecule has 2 aliphatic heterocycles. The molecule has 2 amide bonds. The van der Waals surface area contributed by atoms with Gasteiger partial charge in [-0.05, 0) is 60.4 Å². The van der Waals surface area contributed by atoms with E-state index in [9.17, 15) is 9.59 Å². The van der Waals surface area contributed by atoms with Crippen LogP contribution in [0, 0.1) is 18.3 Å². The third-order valence-corrected chi connectivity index (χ3v) is 8.03. The van der Waals surface area contributed by atoms with Crippen molar-refractivity contribution in [2.24, 2.45) is 0 Å². The van der Waals surface area contributed by atoms with Crippen LogP contribution in [0.2, 0.25) is 0 Å². The number of carbonyl (C=O) groups excluding carboxylic acids is 2. The monoisotopic (exact) mass is 555 g/mol. The number of hydrogen-bond acceptors (Lipinski definition) is 6. The molecule has 8 nitrogen and oxygen atoms in total. The number of aromatic nitrogens is 1. The molecule has 3 aromatic rings. The maximum absolute atomic E-state index is 15.8. The van der Waals surface area contributed by atoms with Gasteiger partial charge in [0.1, 0.15) is 11.5 Å². The van der Waals surface area contributed by atoms with Crippen molar-refractivity contribution in [3.05, 3.63) is 88.1 Å². The lowest BCUT2D eigenvalue weighted by Gasteiger charge is -2.37. The van der Waals surface area contributed by atoms with Gasteiger partial charge in [-0.25, -0.2) is 9.37 Å². The van der Waals surface area contributed by atoms with Crippen molar-refractivity contribution in [2.75, 3.05) is 49.6 Å². The van der Waals surface area contributed by atoms with Crippen LogP contribution in [0.4, 0.5) is 15.9 Å². The zero-order valence-corrected chi connectivity index (χ0v) is 23.5. The van der Waals surface area contributed by atoms with Gasteiger partial charge in [-0.3, -0.25) is 9.59 Å². The zero-order chi connectivity index (χ0) is 29.0. The largest absolute Gasteiger partial charge is 0.378 e. The van der Waals surface area contributed by atoms with Crippen molar-refractivity contribution in [3.63, 3.8) is 0 Å².